The quantitative estimate of drug-likeness (QED) is 0.753. The Hall–Kier alpha value is -0.900. The first-order valence-electron chi connectivity index (χ1n) is 7.88. The standard InChI is InChI=1S/C17H27NO2/c19-17(12-18-16-10-6-1-2-7-11-16)14-20-13-15-8-4-3-5-9-15/h3-5,8-9,16-19H,1-2,6-7,10-14H2. The first-order valence-corrected chi connectivity index (χ1v) is 7.88. The van der Waals surface area contributed by atoms with Crippen molar-refractivity contribution in [3.63, 3.8) is 0 Å². The summed E-state index contributed by atoms with van der Waals surface area (Å²) < 4.78 is 5.56. The molecule has 1 fully saturated rings. The van der Waals surface area contributed by atoms with Crippen molar-refractivity contribution in [1.82, 2.24) is 5.32 Å². The third kappa shape index (κ3) is 6.04. The molecule has 0 bridgehead atoms. The minimum absolute atomic E-state index is 0.397. The Balaban J connectivity index is 1.56. The van der Waals surface area contributed by atoms with Gasteiger partial charge in [-0.2, -0.15) is 0 Å². The molecule has 0 amide bonds. The highest BCUT2D eigenvalue weighted by Crippen LogP contribution is 2.17. The average Bonchev–Trinajstić information content (AvgIpc) is 2.75. The maximum absolute atomic E-state index is 9.94. The van der Waals surface area contributed by atoms with Gasteiger partial charge in [0.15, 0.2) is 0 Å². The summed E-state index contributed by atoms with van der Waals surface area (Å²) in [5.41, 5.74) is 1.15. The molecule has 0 radical (unpaired) electrons. The highest BCUT2D eigenvalue weighted by Gasteiger charge is 2.13. The summed E-state index contributed by atoms with van der Waals surface area (Å²) in [4.78, 5) is 0. The van der Waals surface area contributed by atoms with Crippen molar-refractivity contribution < 1.29 is 9.84 Å². The van der Waals surface area contributed by atoms with Gasteiger partial charge in [-0.15, -0.1) is 0 Å². The summed E-state index contributed by atoms with van der Waals surface area (Å²) in [6, 6.07) is 10.7. The SMILES string of the molecule is OC(CNC1CCCCCC1)COCc1ccccc1. The van der Waals surface area contributed by atoms with Gasteiger partial charge >= 0.3 is 0 Å². The molecule has 1 saturated carbocycles. The van der Waals surface area contributed by atoms with Crippen LogP contribution in [0, 0.1) is 0 Å². The molecule has 1 aromatic carbocycles. The van der Waals surface area contributed by atoms with Crippen LogP contribution in [0.5, 0.6) is 0 Å². The Bertz CT molecular complexity index is 347. The Labute approximate surface area is 122 Å². The largest absolute Gasteiger partial charge is 0.389 e. The molecule has 0 spiro atoms. The van der Waals surface area contributed by atoms with Crippen molar-refractivity contribution in [2.45, 2.75) is 57.3 Å². The maximum atomic E-state index is 9.94. The normalized spacial score (nSPS) is 18.6. The smallest absolute Gasteiger partial charge is 0.0897 e. The second kappa shape index (κ2) is 9.11. The van der Waals surface area contributed by atoms with Crippen LogP contribution in [-0.4, -0.2) is 30.4 Å². The van der Waals surface area contributed by atoms with Gasteiger partial charge in [-0.1, -0.05) is 56.0 Å². The van der Waals surface area contributed by atoms with Gasteiger partial charge < -0.3 is 15.2 Å². The van der Waals surface area contributed by atoms with Crippen molar-refractivity contribution in [2.75, 3.05) is 13.2 Å². The zero-order valence-corrected chi connectivity index (χ0v) is 12.3. The topological polar surface area (TPSA) is 41.5 Å². The average molecular weight is 277 g/mol. The third-order valence-electron chi connectivity index (χ3n) is 3.92. The van der Waals surface area contributed by atoms with E-state index in [0.717, 1.165) is 5.56 Å². The van der Waals surface area contributed by atoms with Crippen molar-refractivity contribution in [1.29, 1.82) is 0 Å². The number of aliphatic hydroxyl groups is 1. The summed E-state index contributed by atoms with van der Waals surface area (Å²) in [5.74, 6) is 0. The van der Waals surface area contributed by atoms with Crippen molar-refractivity contribution in [3.05, 3.63) is 35.9 Å². The zero-order valence-electron chi connectivity index (χ0n) is 12.3. The third-order valence-corrected chi connectivity index (χ3v) is 3.92. The number of ether oxygens (including phenoxy) is 1. The van der Waals surface area contributed by atoms with Crippen LogP contribution in [-0.2, 0) is 11.3 Å². The Kier molecular flexibility index (Phi) is 7.06. The van der Waals surface area contributed by atoms with Gasteiger partial charge in [-0.05, 0) is 18.4 Å². The zero-order chi connectivity index (χ0) is 14.0. The Morgan fingerprint density at radius 2 is 1.80 bits per heavy atom. The summed E-state index contributed by atoms with van der Waals surface area (Å²) in [7, 11) is 0. The molecule has 3 nitrogen and oxygen atoms in total. The van der Waals surface area contributed by atoms with Crippen molar-refractivity contribution >= 4 is 0 Å². The summed E-state index contributed by atoms with van der Waals surface area (Å²) >= 11 is 0. The van der Waals surface area contributed by atoms with Crippen LogP contribution in [0.3, 0.4) is 0 Å². The first-order chi connectivity index (χ1) is 9.84. The van der Waals surface area contributed by atoms with E-state index in [1.54, 1.807) is 0 Å². The van der Waals surface area contributed by atoms with Crippen molar-refractivity contribution in [3.8, 4) is 0 Å². The molecule has 1 atom stereocenters. The van der Waals surface area contributed by atoms with Crippen LogP contribution in [0.25, 0.3) is 0 Å². The van der Waals surface area contributed by atoms with Gasteiger partial charge in [-0.3, -0.25) is 0 Å². The molecule has 3 heteroatoms. The molecule has 1 aromatic rings. The second-order valence-electron chi connectivity index (χ2n) is 5.75. The molecule has 1 aliphatic carbocycles. The number of hydrogen-bond acceptors (Lipinski definition) is 3. The van der Waals surface area contributed by atoms with E-state index in [9.17, 15) is 5.11 Å². The van der Waals surface area contributed by atoms with Gasteiger partial charge in [0.2, 0.25) is 0 Å². The van der Waals surface area contributed by atoms with Gasteiger partial charge in [-0.25, -0.2) is 0 Å². The molecule has 112 valence electrons. The Morgan fingerprint density at radius 1 is 1.10 bits per heavy atom. The van der Waals surface area contributed by atoms with E-state index < -0.39 is 6.10 Å². The van der Waals surface area contributed by atoms with Crippen molar-refractivity contribution in [2.24, 2.45) is 0 Å². The fourth-order valence-corrected chi connectivity index (χ4v) is 2.73. The van der Waals surface area contributed by atoms with E-state index in [1.807, 2.05) is 30.3 Å². The lowest BCUT2D eigenvalue weighted by Gasteiger charge is -2.19. The highest BCUT2D eigenvalue weighted by atomic mass is 16.5. The van der Waals surface area contributed by atoms with E-state index in [1.165, 1.54) is 38.5 Å². The van der Waals surface area contributed by atoms with E-state index >= 15 is 0 Å². The Morgan fingerprint density at radius 3 is 2.50 bits per heavy atom. The van der Waals surface area contributed by atoms with E-state index in [-0.39, 0.29) is 0 Å². The highest BCUT2D eigenvalue weighted by molar-refractivity contribution is 5.13. The van der Waals surface area contributed by atoms with Gasteiger partial charge in [0.05, 0.1) is 19.3 Å². The molecule has 20 heavy (non-hydrogen) atoms. The van der Waals surface area contributed by atoms with E-state index in [0.29, 0.717) is 25.8 Å². The molecule has 1 aliphatic rings. The number of benzene rings is 1. The molecule has 1 unspecified atom stereocenters. The summed E-state index contributed by atoms with van der Waals surface area (Å²) in [6.45, 7) is 1.61. The molecule has 0 heterocycles. The fourth-order valence-electron chi connectivity index (χ4n) is 2.73. The predicted molar refractivity (Wildman–Crippen MR) is 81.6 cm³/mol. The first kappa shape index (κ1) is 15.5. The van der Waals surface area contributed by atoms with Crippen LogP contribution >= 0.6 is 0 Å². The predicted octanol–water partition coefficient (Wildman–Crippen LogP) is 2.88. The minimum atomic E-state index is -0.415. The van der Waals surface area contributed by atoms with Gasteiger partial charge in [0.25, 0.3) is 0 Å². The van der Waals surface area contributed by atoms with Gasteiger partial charge in [0.1, 0.15) is 0 Å². The summed E-state index contributed by atoms with van der Waals surface area (Å²) in [6.07, 6.45) is 7.44. The van der Waals surface area contributed by atoms with E-state index in [2.05, 4.69) is 5.32 Å². The molecular formula is C17H27NO2. The van der Waals surface area contributed by atoms with Gasteiger partial charge in [0, 0.05) is 12.6 Å². The lowest BCUT2D eigenvalue weighted by Crippen LogP contribution is -2.37. The monoisotopic (exact) mass is 277 g/mol. The summed E-state index contributed by atoms with van der Waals surface area (Å²) in [5, 5.41) is 13.4. The number of rotatable bonds is 7. The number of nitrogens with one attached hydrogen (secondary N) is 1. The molecule has 0 saturated heterocycles. The van der Waals surface area contributed by atoms with Crippen LogP contribution in [0.1, 0.15) is 44.1 Å². The number of aliphatic hydroxyl groups excluding tert-OH is 1. The molecule has 2 rings (SSSR count). The fraction of sp³-hybridized carbons (Fsp3) is 0.647. The number of hydrogen-bond donors (Lipinski definition) is 2. The van der Waals surface area contributed by atoms with E-state index in [4.69, 9.17) is 4.74 Å². The van der Waals surface area contributed by atoms with Crippen LogP contribution in [0.2, 0.25) is 0 Å². The van der Waals surface area contributed by atoms with Crippen LogP contribution < -0.4 is 5.32 Å². The second-order valence-corrected chi connectivity index (χ2v) is 5.75. The molecular weight excluding hydrogens is 250 g/mol. The minimum Gasteiger partial charge on any atom is -0.389 e. The lowest BCUT2D eigenvalue weighted by molar-refractivity contribution is 0.0274. The lowest BCUT2D eigenvalue weighted by atomic mass is 10.1. The maximum Gasteiger partial charge on any atom is 0.0897 e. The van der Waals surface area contributed by atoms with Crippen LogP contribution in [0.15, 0.2) is 30.3 Å². The molecule has 0 aromatic heterocycles. The van der Waals surface area contributed by atoms with Crippen LogP contribution in [0.4, 0.5) is 0 Å². The molecule has 0 aliphatic heterocycles. The molecule has 2 N–H and O–H groups in total.